The molecule has 5 nitrogen and oxygen atoms in total. The standard InChI is InChI=1S/C17H17N3O2/c1-20(13-5-3-2-4-6-13)17(22)15-14(16(21)19-15)11-12-7-9-18-10-8-12/h2-10,14-15H,11H2,1H3,(H,19,21)/t14-,15+/m1/s1. The van der Waals surface area contributed by atoms with Gasteiger partial charge in [-0.3, -0.25) is 14.6 Å². The highest BCUT2D eigenvalue weighted by atomic mass is 16.2. The molecule has 0 spiro atoms. The molecule has 1 N–H and O–H groups in total. The topological polar surface area (TPSA) is 62.3 Å². The van der Waals surface area contributed by atoms with Crippen molar-refractivity contribution >= 4 is 17.5 Å². The number of nitrogens with zero attached hydrogens (tertiary/aromatic N) is 2. The van der Waals surface area contributed by atoms with E-state index < -0.39 is 6.04 Å². The van der Waals surface area contributed by atoms with Gasteiger partial charge in [0.2, 0.25) is 11.8 Å². The summed E-state index contributed by atoms with van der Waals surface area (Å²) in [4.78, 5) is 29.9. The number of rotatable bonds is 4. The molecule has 1 aromatic heterocycles. The highest BCUT2D eigenvalue weighted by Crippen LogP contribution is 2.23. The molecule has 22 heavy (non-hydrogen) atoms. The summed E-state index contributed by atoms with van der Waals surface area (Å²) in [5.74, 6) is -0.484. The van der Waals surface area contributed by atoms with Crippen molar-refractivity contribution in [1.82, 2.24) is 10.3 Å². The molecule has 5 heteroatoms. The lowest BCUT2D eigenvalue weighted by Gasteiger charge is -2.37. The fourth-order valence-electron chi connectivity index (χ4n) is 2.62. The van der Waals surface area contributed by atoms with E-state index in [1.54, 1.807) is 24.3 Å². The Hall–Kier alpha value is -2.69. The van der Waals surface area contributed by atoms with E-state index in [0.717, 1.165) is 11.3 Å². The van der Waals surface area contributed by atoms with E-state index in [1.807, 2.05) is 42.5 Å². The van der Waals surface area contributed by atoms with E-state index in [4.69, 9.17) is 0 Å². The lowest BCUT2D eigenvalue weighted by atomic mass is 9.84. The maximum Gasteiger partial charge on any atom is 0.250 e. The van der Waals surface area contributed by atoms with Crippen LogP contribution in [0.4, 0.5) is 5.69 Å². The van der Waals surface area contributed by atoms with Gasteiger partial charge in [-0.15, -0.1) is 0 Å². The number of nitrogens with one attached hydrogen (secondary N) is 1. The largest absolute Gasteiger partial charge is 0.343 e. The second kappa shape index (κ2) is 5.97. The molecule has 1 aliphatic heterocycles. The first kappa shape index (κ1) is 14.3. The summed E-state index contributed by atoms with van der Waals surface area (Å²) in [6.45, 7) is 0. The third-order valence-corrected chi connectivity index (χ3v) is 3.98. The van der Waals surface area contributed by atoms with Gasteiger partial charge in [0.15, 0.2) is 0 Å². The highest BCUT2D eigenvalue weighted by molar-refractivity contribution is 6.05. The summed E-state index contributed by atoms with van der Waals surface area (Å²) in [5, 5.41) is 2.72. The zero-order chi connectivity index (χ0) is 15.5. The zero-order valence-electron chi connectivity index (χ0n) is 12.3. The minimum absolute atomic E-state index is 0.0726. The summed E-state index contributed by atoms with van der Waals surface area (Å²) >= 11 is 0. The molecular formula is C17H17N3O2. The number of carbonyl (C=O) groups excluding carboxylic acids is 2. The van der Waals surface area contributed by atoms with Gasteiger partial charge in [-0.2, -0.15) is 0 Å². The van der Waals surface area contributed by atoms with E-state index >= 15 is 0 Å². The summed E-state index contributed by atoms with van der Waals surface area (Å²) in [6, 6.07) is 12.7. The maximum atomic E-state index is 12.6. The molecule has 1 aromatic carbocycles. The molecule has 0 aliphatic carbocycles. The Morgan fingerprint density at radius 2 is 1.86 bits per heavy atom. The van der Waals surface area contributed by atoms with Crippen LogP contribution in [0.5, 0.6) is 0 Å². The predicted octanol–water partition coefficient (Wildman–Crippen LogP) is 1.40. The molecule has 2 atom stereocenters. The van der Waals surface area contributed by atoms with E-state index in [1.165, 1.54) is 0 Å². The Balaban J connectivity index is 1.71. The van der Waals surface area contributed by atoms with Crippen LogP contribution in [-0.4, -0.2) is 29.9 Å². The lowest BCUT2D eigenvalue weighted by Crippen LogP contribution is -2.65. The third-order valence-electron chi connectivity index (χ3n) is 3.98. The fraction of sp³-hybridized carbons (Fsp3) is 0.235. The zero-order valence-corrected chi connectivity index (χ0v) is 12.3. The monoisotopic (exact) mass is 295 g/mol. The number of likely N-dealkylation sites (N-methyl/N-ethyl adjacent to an activating group) is 1. The molecule has 0 unspecified atom stereocenters. The second-order valence-corrected chi connectivity index (χ2v) is 5.39. The van der Waals surface area contributed by atoms with Crippen LogP contribution < -0.4 is 10.2 Å². The van der Waals surface area contributed by atoms with Gasteiger partial charge in [-0.05, 0) is 36.2 Å². The minimum Gasteiger partial charge on any atom is -0.343 e. The summed E-state index contributed by atoms with van der Waals surface area (Å²) < 4.78 is 0. The number of β-lactam (4-membered cyclic amide) rings is 1. The first-order valence-corrected chi connectivity index (χ1v) is 7.18. The van der Waals surface area contributed by atoms with Gasteiger partial charge < -0.3 is 10.2 Å². The van der Waals surface area contributed by atoms with E-state index in [2.05, 4.69) is 10.3 Å². The molecule has 3 rings (SSSR count). The van der Waals surface area contributed by atoms with Gasteiger partial charge in [0.25, 0.3) is 0 Å². The van der Waals surface area contributed by atoms with Gasteiger partial charge >= 0.3 is 0 Å². The number of pyridine rings is 1. The molecule has 1 fully saturated rings. The van der Waals surface area contributed by atoms with Crippen LogP contribution in [0.25, 0.3) is 0 Å². The Morgan fingerprint density at radius 1 is 1.18 bits per heavy atom. The molecule has 2 amide bonds. The normalized spacial score (nSPS) is 20.0. The van der Waals surface area contributed by atoms with Crippen LogP contribution in [0.2, 0.25) is 0 Å². The first-order chi connectivity index (χ1) is 10.7. The van der Waals surface area contributed by atoms with Crippen molar-refractivity contribution in [3.63, 3.8) is 0 Å². The molecule has 1 saturated heterocycles. The van der Waals surface area contributed by atoms with Crippen LogP contribution >= 0.6 is 0 Å². The number of hydrogen-bond acceptors (Lipinski definition) is 3. The summed E-state index contributed by atoms with van der Waals surface area (Å²) in [6.07, 6.45) is 3.94. The second-order valence-electron chi connectivity index (χ2n) is 5.39. The number of amides is 2. The predicted molar refractivity (Wildman–Crippen MR) is 83.2 cm³/mol. The molecule has 0 saturated carbocycles. The SMILES string of the molecule is CN(C(=O)[C@H]1NC(=O)[C@@H]1Cc1ccncc1)c1ccccc1. The molecule has 2 heterocycles. The van der Waals surface area contributed by atoms with Crippen molar-refractivity contribution in [1.29, 1.82) is 0 Å². The fourth-order valence-corrected chi connectivity index (χ4v) is 2.62. The highest BCUT2D eigenvalue weighted by Gasteiger charge is 2.45. The molecule has 112 valence electrons. The van der Waals surface area contributed by atoms with Crippen molar-refractivity contribution in [2.75, 3.05) is 11.9 Å². The lowest BCUT2D eigenvalue weighted by molar-refractivity contribution is -0.142. The number of para-hydroxylation sites is 1. The van der Waals surface area contributed by atoms with Gasteiger partial charge in [-0.1, -0.05) is 18.2 Å². The van der Waals surface area contributed by atoms with Gasteiger partial charge in [0.1, 0.15) is 6.04 Å². The quantitative estimate of drug-likeness (QED) is 0.867. The number of carbonyl (C=O) groups is 2. The van der Waals surface area contributed by atoms with Crippen LogP contribution in [0, 0.1) is 5.92 Å². The van der Waals surface area contributed by atoms with Gasteiger partial charge in [-0.25, -0.2) is 0 Å². The number of benzene rings is 1. The van der Waals surface area contributed by atoms with Crippen molar-refractivity contribution in [2.24, 2.45) is 5.92 Å². The number of hydrogen-bond donors (Lipinski definition) is 1. The van der Waals surface area contributed by atoms with E-state index in [9.17, 15) is 9.59 Å². The molecule has 1 aliphatic rings. The van der Waals surface area contributed by atoms with E-state index in [0.29, 0.717) is 6.42 Å². The van der Waals surface area contributed by atoms with Crippen molar-refractivity contribution in [2.45, 2.75) is 12.5 Å². The van der Waals surface area contributed by atoms with Crippen molar-refractivity contribution < 1.29 is 9.59 Å². The third kappa shape index (κ3) is 2.70. The van der Waals surface area contributed by atoms with Crippen LogP contribution in [0.1, 0.15) is 5.56 Å². The average molecular weight is 295 g/mol. The Bertz CT molecular complexity index is 673. The summed E-state index contributed by atoms with van der Waals surface area (Å²) in [5.41, 5.74) is 1.83. The Kier molecular flexibility index (Phi) is 3.87. The van der Waals surface area contributed by atoms with Crippen LogP contribution in [-0.2, 0) is 16.0 Å². The molecule has 0 bridgehead atoms. The van der Waals surface area contributed by atoms with Crippen molar-refractivity contribution in [3.8, 4) is 0 Å². The number of anilines is 1. The molecule has 2 aromatic rings. The average Bonchev–Trinajstić information content (AvgIpc) is 2.58. The smallest absolute Gasteiger partial charge is 0.250 e. The Labute approximate surface area is 129 Å². The maximum absolute atomic E-state index is 12.6. The van der Waals surface area contributed by atoms with Crippen LogP contribution in [0.3, 0.4) is 0 Å². The first-order valence-electron chi connectivity index (χ1n) is 7.18. The van der Waals surface area contributed by atoms with Gasteiger partial charge in [0.05, 0.1) is 5.92 Å². The Morgan fingerprint density at radius 3 is 2.50 bits per heavy atom. The van der Waals surface area contributed by atoms with Gasteiger partial charge in [0, 0.05) is 25.1 Å². The molecule has 0 radical (unpaired) electrons. The van der Waals surface area contributed by atoms with E-state index in [-0.39, 0.29) is 17.7 Å². The van der Waals surface area contributed by atoms with Crippen molar-refractivity contribution in [3.05, 3.63) is 60.4 Å². The molecular weight excluding hydrogens is 278 g/mol. The van der Waals surface area contributed by atoms with Crippen LogP contribution in [0.15, 0.2) is 54.9 Å². The minimum atomic E-state index is -0.467. The summed E-state index contributed by atoms with van der Waals surface area (Å²) in [7, 11) is 1.73. The number of aromatic nitrogens is 1.